The molecule has 6 aliphatic rings. The first-order chi connectivity index (χ1) is 21.6. The average Bonchev–Trinajstić information content (AvgIpc) is 3.41. The molecule has 7 atom stereocenters. The van der Waals surface area contributed by atoms with Crippen LogP contribution in [0.2, 0.25) is 0 Å². The third kappa shape index (κ3) is 4.15. The zero-order valence-electron chi connectivity index (χ0n) is 25.8. The average molecular weight is 637 g/mol. The van der Waals surface area contributed by atoms with E-state index in [4.69, 9.17) is 29.4 Å². The molecule has 0 saturated carbocycles. The number of phenolic OH excluding ortho intramolecular Hbond substituents is 1. The number of likely N-dealkylation sites (N-methyl/N-ethyl adjacent to an activating group) is 1. The minimum atomic E-state index is -1.09. The van der Waals surface area contributed by atoms with Crippen molar-refractivity contribution in [1.29, 1.82) is 5.26 Å². The van der Waals surface area contributed by atoms with E-state index in [1.807, 2.05) is 26.8 Å². The largest absolute Gasteiger partial charge is 0.504 e. The fourth-order valence-electron chi connectivity index (χ4n) is 8.24. The Morgan fingerprint density at radius 1 is 1.22 bits per heavy atom. The number of fused-ring (bicyclic) bond motifs is 6. The van der Waals surface area contributed by atoms with Crippen LogP contribution < -0.4 is 24.7 Å². The summed E-state index contributed by atoms with van der Waals surface area (Å²) in [4.78, 5) is 30.1. The fourth-order valence-corrected chi connectivity index (χ4v) is 9.67. The van der Waals surface area contributed by atoms with Crippen molar-refractivity contribution >= 4 is 23.7 Å². The van der Waals surface area contributed by atoms with Gasteiger partial charge in [0.05, 0.1) is 30.5 Å². The Kier molecular flexibility index (Phi) is 7.12. The third-order valence-corrected chi connectivity index (χ3v) is 11.3. The summed E-state index contributed by atoms with van der Waals surface area (Å²) in [6, 6.07) is 2.29. The van der Waals surface area contributed by atoms with Crippen molar-refractivity contribution in [2.45, 2.75) is 69.1 Å². The second-order valence-corrected chi connectivity index (χ2v) is 13.5. The van der Waals surface area contributed by atoms with Crippen molar-refractivity contribution < 1.29 is 38.4 Å². The fraction of sp³-hybridized carbons (Fsp3) is 0.531. The maximum Gasteiger partial charge on any atom is 0.323 e. The summed E-state index contributed by atoms with van der Waals surface area (Å²) in [5, 5.41) is 22.6. The highest BCUT2D eigenvalue weighted by molar-refractivity contribution is 7.99. The number of nitrogens with zero attached hydrogens (tertiary/aromatic N) is 3. The highest BCUT2D eigenvalue weighted by Gasteiger charge is 2.63. The number of nitriles is 1. The first-order valence-corrected chi connectivity index (χ1v) is 16.1. The van der Waals surface area contributed by atoms with Crippen LogP contribution in [-0.4, -0.2) is 83.8 Å². The van der Waals surface area contributed by atoms with Crippen LogP contribution >= 0.6 is 11.8 Å². The highest BCUT2D eigenvalue weighted by Crippen LogP contribution is 2.65. The van der Waals surface area contributed by atoms with Gasteiger partial charge in [0.2, 0.25) is 6.79 Å². The zero-order chi connectivity index (χ0) is 31.9. The number of phenols is 1. The Morgan fingerprint density at radius 2 is 1.98 bits per heavy atom. The summed E-state index contributed by atoms with van der Waals surface area (Å²) in [6.07, 6.45) is 0.319. The van der Waals surface area contributed by atoms with Crippen molar-refractivity contribution in [3.63, 3.8) is 0 Å². The molecule has 45 heavy (non-hydrogen) atoms. The topological polar surface area (TPSA) is 157 Å². The summed E-state index contributed by atoms with van der Waals surface area (Å²) >= 11 is 1.45. The van der Waals surface area contributed by atoms with Crippen molar-refractivity contribution in [3.8, 4) is 34.8 Å². The summed E-state index contributed by atoms with van der Waals surface area (Å²) in [5.41, 5.74) is 9.60. The number of carbonyl (C=O) groups is 2. The lowest BCUT2D eigenvalue weighted by molar-refractivity contribution is -0.151. The molecule has 12 nitrogen and oxygen atoms in total. The maximum atomic E-state index is 13.1. The molecule has 4 unspecified atom stereocenters. The van der Waals surface area contributed by atoms with E-state index in [2.05, 4.69) is 15.9 Å². The number of hydrogen-bond donors (Lipinski definition) is 2. The van der Waals surface area contributed by atoms with Gasteiger partial charge in [-0.25, -0.2) is 0 Å². The molecule has 6 aliphatic heterocycles. The minimum Gasteiger partial charge on any atom is -0.504 e. The molecular weight excluding hydrogens is 600 g/mol. The first-order valence-electron chi connectivity index (χ1n) is 15.1. The molecular formula is C32H36N4O8S. The number of rotatable bonds is 3. The minimum absolute atomic E-state index is 0.0290. The van der Waals surface area contributed by atoms with Gasteiger partial charge < -0.3 is 34.5 Å². The summed E-state index contributed by atoms with van der Waals surface area (Å²) in [6.45, 7) is 7.95. The third-order valence-electron chi connectivity index (χ3n) is 9.88. The Morgan fingerprint density at radius 3 is 2.67 bits per heavy atom. The molecule has 0 radical (unpaired) electrons. The molecule has 6 heterocycles. The summed E-state index contributed by atoms with van der Waals surface area (Å²) < 4.78 is 29.6. The zero-order valence-corrected chi connectivity index (χ0v) is 26.7. The van der Waals surface area contributed by atoms with E-state index in [0.29, 0.717) is 59.2 Å². The van der Waals surface area contributed by atoms with E-state index in [9.17, 15) is 20.0 Å². The van der Waals surface area contributed by atoms with Crippen LogP contribution in [0.1, 0.15) is 64.6 Å². The van der Waals surface area contributed by atoms with E-state index in [1.165, 1.54) is 25.8 Å². The number of hydrogen-bond acceptors (Lipinski definition) is 13. The Bertz CT molecular complexity index is 1680. The molecule has 8 rings (SSSR count). The normalized spacial score (nSPS) is 31.2. The number of methoxy groups -OCH3 is 1. The van der Waals surface area contributed by atoms with Gasteiger partial charge in [-0.2, -0.15) is 5.26 Å². The van der Waals surface area contributed by atoms with Crippen molar-refractivity contribution in [3.05, 3.63) is 39.4 Å². The molecule has 13 heteroatoms. The molecule has 2 aromatic carbocycles. The number of cyclic esters (lactones) is 1. The van der Waals surface area contributed by atoms with E-state index >= 15 is 0 Å². The lowest BCUT2D eigenvalue weighted by Crippen LogP contribution is -2.69. The predicted molar refractivity (Wildman–Crippen MR) is 163 cm³/mol. The number of aryl methyl sites for hydroxylation is 1. The van der Waals surface area contributed by atoms with Crippen LogP contribution in [-0.2, 0) is 20.7 Å². The summed E-state index contributed by atoms with van der Waals surface area (Å²) in [5.74, 6) is 0.940. The Hall–Kier alpha value is -3.70. The van der Waals surface area contributed by atoms with Gasteiger partial charge in [0.25, 0.3) is 0 Å². The van der Waals surface area contributed by atoms with Gasteiger partial charge >= 0.3 is 11.9 Å². The van der Waals surface area contributed by atoms with Gasteiger partial charge in [0.1, 0.15) is 23.9 Å². The first kappa shape index (κ1) is 30.0. The van der Waals surface area contributed by atoms with E-state index < -0.39 is 46.9 Å². The monoisotopic (exact) mass is 636 g/mol. The van der Waals surface area contributed by atoms with Crippen molar-refractivity contribution in [1.82, 2.24) is 9.80 Å². The maximum absolute atomic E-state index is 13.1. The van der Waals surface area contributed by atoms with E-state index in [0.717, 1.165) is 16.7 Å². The van der Waals surface area contributed by atoms with Gasteiger partial charge in [-0.1, -0.05) is 13.0 Å². The van der Waals surface area contributed by atoms with Crippen LogP contribution in [0.5, 0.6) is 28.7 Å². The second kappa shape index (κ2) is 10.7. The molecule has 238 valence electrons. The predicted octanol–water partition coefficient (Wildman–Crippen LogP) is 2.95. The molecule has 3 N–H and O–H groups in total. The lowest BCUT2D eigenvalue weighted by atomic mass is 9.76. The van der Waals surface area contributed by atoms with Crippen LogP contribution in [0.3, 0.4) is 0 Å². The van der Waals surface area contributed by atoms with Crippen molar-refractivity contribution in [2.24, 2.45) is 5.73 Å². The standard InChI is InChI=1S/C32H36N4O8S/c1-6-35-12-32(11-33)8-17-7-14(2)26(40-5)25(38)20(17)23(35)24-30-22-21(19(36(24)32)9-41-31(39)18(34)10-45-30)29-28(42-13-43-29)15(3)27(22)44-16(4)37/h7,18-19,23-24,30,38H,6,8-10,12-13,34H2,1-5H3/t18?,19-,23?,24+,30+,32?/m0/s1. The van der Waals surface area contributed by atoms with Gasteiger partial charge in [-0.15, -0.1) is 11.8 Å². The smallest absolute Gasteiger partial charge is 0.323 e. The van der Waals surface area contributed by atoms with Crippen LogP contribution in [0, 0.1) is 25.2 Å². The highest BCUT2D eigenvalue weighted by atomic mass is 32.2. The molecule has 4 bridgehead atoms. The van der Waals surface area contributed by atoms with Crippen LogP contribution in [0.15, 0.2) is 6.07 Å². The number of aromatic hydroxyl groups is 1. The molecule has 2 saturated heterocycles. The molecule has 2 aromatic rings. The molecule has 0 aliphatic carbocycles. The lowest BCUT2D eigenvalue weighted by Gasteiger charge is -2.60. The summed E-state index contributed by atoms with van der Waals surface area (Å²) in [7, 11) is 1.54. The number of thioether (sulfide) groups is 1. The number of nitrogens with two attached hydrogens (primary N) is 1. The van der Waals surface area contributed by atoms with Gasteiger partial charge in [-0.3, -0.25) is 19.4 Å². The van der Waals surface area contributed by atoms with Gasteiger partial charge in [0, 0.05) is 53.9 Å². The molecule has 0 spiro atoms. The van der Waals surface area contributed by atoms with Gasteiger partial charge in [0.15, 0.2) is 23.0 Å². The number of carbonyl (C=O) groups excluding carboxylic acids is 2. The second-order valence-electron chi connectivity index (χ2n) is 12.3. The van der Waals surface area contributed by atoms with Crippen LogP contribution in [0.25, 0.3) is 0 Å². The molecule has 0 amide bonds. The van der Waals surface area contributed by atoms with Crippen molar-refractivity contribution in [2.75, 3.05) is 39.4 Å². The van der Waals surface area contributed by atoms with E-state index in [-0.39, 0.29) is 24.9 Å². The van der Waals surface area contributed by atoms with E-state index in [1.54, 1.807) is 0 Å². The number of esters is 2. The number of piperazine rings is 1. The number of benzene rings is 2. The Balaban J connectivity index is 1.60. The quantitative estimate of drug-likeness (QED) is 0.375. The molecule has 0 aromatic heterocycles. The molecule has 2 fully saturated rings. The number of ether oxygens (including phenoxy) is 5. The van der Waals surface area contributed by atoms with Gasteiger partial charge in [-0.05, 0) is 31.5 Å². The Labute approximate surface area is 265 Å². The van der Waals surface area contributed by atoms with Crippen LogP contribution in [0.4, 0.5) is 0 Å². The SMILES string of the molecule is CCN1CC2(C#N)Cc3cc(C)c(OC)c(O)c3C1[C@@H]1[C@@H]3SCC(N)C(=O)OC[C@@H](c4c5c(c(C)c(OC(C)=O)c43)OCO5)N12.